The first-order chi connectivity index (χ1) is 8.23. The van der Waals surface area contributed by atoms with Gasteiger partial charge in [-0.15, -0.1) is 0 Å². The van der Waals surface area contributed by atoms with Gasteiger partial charge in [0.15, 0.2) is 0 Å². The molecule has 1 N–H and O–H groups in total. The highest BCUT2D eigenvalue weighted by atomic mass is 15.0. The van der Waals surface area contributed by atoms with Crippen LogP contribution in [0.1, 0.15) is 45.1 Å². The van der Waals surface area contributed by atoms with Crippen LogP contribution in [0.15, 0.2) is 24.5 Å². The van der Waals surface area contributed by atoms with Gasteiger partial charge in [-0.1, -0.05) is 32.8 Å². The van der Waals surface area contributed by atoms with Gasteiger partial charge >= 0.3 is 0 Å². The molecule has 1 unspecified atom stereocenters. The van der Waals surface area contributed by atoms with Gasteiger partial charge in [0.25, 0.3) is 0 Å². The lowest BCUT2D eigenvalue weighted by atomic mass is 9.78. The summed E-state index contributed by atoms with van der Waals surface area (Å²) >= 11 is 0. The van der Waals surface area contributed by atoms with Crippen LogP contribution >= 0.6 is 0 Å². The highest BCUT2D eigenvalue weighted by Crippen LogP contribution is 2.30. The molecule has 1 aliphatic heterocycles. The van der Waals surface area contributed by atoms with E-state index in [1.807, 2.05) is 18.5 Å². The van der Waals surface area contributed by atoms with Crippen molar-refractivity contribution in [1.29, 1.82) is 0 Å². The minimum atomic E-state index is 0.277. The molecule has 0 saturated carbocycles. The second kappa shape index (κ2) is 5.63. The summed E-state index contributed by atoms with van der Waals surface area (Å²) in [5.74, 6) is 0.667. The Morgan fingerprint density at radius 3 is 2.94 bits per heavy atom. The molecule has 0 spiro atoms. The molecule has 1 atom stereocenters. The second-order valence-electron chi connectivity index (χ2n) is 5.59. The average Bonchev–Trinajstić information content (AvgIpc) is 2.57. The first-order valence-corrected chi connectivity index (χ1v) is 6.87. The zero-order valence-electron chi connectivity index (χ0n) is 11.1. The monoisotopic (exact) mass is 232 g/mol. The lowest BCUT2D eigenvalue weighted by molar-refractivity contribution is 0.226. The van der Waals surface area contributed by atoms with E-state index in [4.69, 9.17) is 0 Å². The summed E-state index contributed by atoms with van der Waals surface area (Å²) in [5.41, 5.74) is 1.63. The topological polar surface area (TPSA) is 24.9 Å². The molecule has 2 rings (SSSR count). The van der Waals surface area contributed by atoms with E-state index in [1.54, 1.807) is 0 Å². The van der Waals surface area contributed by atoms with E-state index in [9.17, 15) is 0 Å². The van der Waals surface area contributed by atoms with Crippen LogP contribution in [0.4, 0.5) is 0 Å². The van der Waals surface area contributed by atoms with Crippen molar-refractivity contribution in [2.45, 2.75) is 51.5 Å². The Balaban J connectivity index is 2.16. The minimum absolute atomic E-state index is 0.277. The Morgan fingerprint density at radius 1 is 1.35 bits per heavy atom. The van der Waals surface area contributed by atoms with E-state index >= 15 is 0 Å². The third kappa shape index (κ3) is 3.06. The Morgan fingerprint density at radius 2 is 2.24 bits per heavy atom. The fourth-order valence-electron chi connectivity index (χ4n) is 2.88. The van der Waals surface area contributed by atoms with Crippen LogP contribution in [-0.2, 0) is 6.42 Å². The summed E-state index contributed by atoms with van der Waals surface area (Å²) in [4.78, 5) is 4.24. The maximum Gasteiger partial charge on any atom is 0.0300 e. The van der Waals surface area contributed by atoms with Crippen molar-refractivity contribution in [3.05, 3.63) is 30.1 Å². The minimum Gasteiger partial charge on any atom is -0.311 e. The Kier molecular flexibility index (Phi) is 4.16. The Hall–Kier alpha value is -0.890. The molecule has 0 aromatic carbocycles. The molecule has 1 fully saturated rings. The molecule has 1 aromatic heterocycles. The third-order valence-corrected chi connectivity index (χ3v) is 4.12. The number of aromatic nitrogens is 1. The molecular formula is C15H24N2. The quantitative estimate of drug-likeness (QED) is 0.865. The van der Waals surface area contributed by atoms with Crippen LogP contribution in [0, 0.1) is 5.92 Å². The number of rotatable bonds is 3. The molecule has 2 nitrogen and oxygen atoms in total. The van der Waals surface area contributed by atoms with Crippen LogP contribution in [0.25, 0.3) is 0 Å². The van der Waals surface area contributed by atoms with Crippen molar-refractivity contribution in [3.63, 3.8) is 0 Å². The van der Waals surface area contributed by atoms with Crippen LogP contribution in [0.3, 0.4) is 0 Å². The predicted molar refractivity (Wildman–Crippen MR) is 72.0 cm³/mol. The molecule has 1 aliphatic rings. The van der Waals surface area contributed by atoms with Crippen molar-refractivity contribution >= 4 is 0 Å². The average molecular weight is 232 g/mol. The van der Waals surface area contributed by atoms with Gasteiger partial charge in [0.2, 0.25) is 0 Å². The molecular weight excluding hydrogens is 208 g/mol. The number of nitrogens with zero attached hydrogens (tertiary/aromatic N) is 1. The molecule has 2 heterocycles. The standard InChI is InChI=1S/C15H24N2/c1-13(2)15(8-4-3-5-10-17-15)11-14-7-6-9-16-12-14/h6-7,9,12-13,17H,3-5,8,10-11H2,1-2H3. The zero-order valence-corrected chi connectivity index (χ0v) is 11.1. The Bertz CT molecular complexity index is 324. The summed E-state index contributed by atoms with van der Waals surface area (Å²) < 4.78 is 0. The first kappa shape index (κ1) is 12.6. The maximum atomic E-state index is 4.24. The van der Waals surface area contributed by atoms with E-state index in [-0.39, 0.29) is 5.54 Å². The lowest BCUT2D eigenvalue weighted by Gasteiger charge is -2.38. The van der Waals surface area contributed by atoms with Crippen molar-refractivity contribution < 1.29 is 0 Å². The smallest absolute Gasteiger partial charge is 0.0300 e. The summed E-state index contributed by atoms with van der Waals surface area (Å²) in [6.45, 7) is 5.85. The van der Waals surface area contributed by atoms with Crippen LogP contribution in [0.2, 0.25) is 0 Å². The summed E-state index contributed by atoms with van der Waals surface area (Å²) in [7, 11) is 0. The van der Waals surface area contributed by atoms with Gasteiger partial charge in [-0.05, 0) is 43.4 Å². The molecule has 0 radical (unpaired) electrons. The molecule has 94 valence electrons. The van der Waals surface area contributed by atoms with Crippen molar-refractivity contribution in [3.8, 4) is 0 Å². The van der Waals surface area contributed by atoms with Crippen LogP contribution in [0.5, 0.6) is 0 Å². The SMILES string of the molecule is CC(C)C1(Cc2cccnc2)CCCCCN1. The lowest BCUT2D eigenvalue weighted by Crippen LogP contribution is -2.50. The van der Waals surface area contributed by atoms with E-state index in [1.165, 1.54) is 37.8 Å². The van der Waals surface area contributed by atoms with Crippen LogP contribution < -0.4 is 5.32 Å². The molecule has 0 aliphatic carbocycles. The van der Waals surface area contributed by atoms with Crippen molar-refractivity contribution in [2.24, 2.45) is 5.92 Å². The number of pyridine rings is 1. The third-order valence-electron chi connectivity index (χ3n) is 4.12. The van der Waals surface area contributed by atoms with Gasteiger partial charge in [-0.2, -0.15) is 0 Å². The predicted octanol–water partition coefficient (Wildman–Crippen LogP) is 3.18. The summed E-state index contributed by atoms with van der Waals surface area (Å²) in [6.07, 6.45) is 10.3. The normalized spacial score (nSPS) is 25.8. The molecule has 1 aromatic rings. The summed E-state index contributed by atoms with van der Waals surface area (Å²) in [6, 6.07) is 4.24. The van der Waals surface area contributed by atoms with Gasteiger partial charge in [0.05, 0.1) is 0 Å². The number of nitrogens with one attached hydrogen (secondary N) is 1. The van der Waals surface area contributed by atoms with Gasteiger partial charge in [-0.3, -0.25) is 4.98 Å². The molecule has 0 bridgehead atoms. The van der Waals surface area contributed by atoms with Crippen molar-refractivity contribution in [2.75, 3.05) is 6.54 Å². The highest BCUT2D eigenvalue weighted by molar-refractivity contribution is 5.14. The fraction of sp³-hybridized carbons (Fsp3) is 0.667. The maximum absolute atomic E-state index is 4.24. The van der Waals surface area contributed by atoms with Crippen molar-refractivity contribution in [1.82, 2.24) is 10.3 Å². The number of hydrogen-bond acceptors (Lipinski definition) is 2. The zero-order chi connectivity index (χ0) is 12.1. The van der Waals surface area contributed by atoms with Gasteiger partial charge in [0, 0.05) is 17.9 Å². The first-order valence-electron chi connectivity index (χ1n) is 6.87. The van der Waals surface area contributed by atoms with E-state index in [0.717, 1.165) is 6.42 Å². The van der Waals surface area contributed by atoms with Gasteiger partial charge in [0.1, 0.15) is 0 Å². The van der Waals surface area contributed by atoms with E-state index in [2.05, 4.69) is 30.2 Å². The molecule has 2 heteroatoms. The highest BCUT2D eigenvalue weighted by Gasteiger charge is 2.33. The fourth-order valence-corrected chi connectivity index (χ4v) is 2.88. The van der Waals surface area contributed by atoms with E-state index in [0.29, 0.717) is 5.92 Å². The largest absolute Gasteiger partial charge is 0.311 e. The van der Waals surface area contributed by atoms with E-state index < -0.39 is 0 Å². The summed E-state index contributed by atoms with van der Waals surface area (Å²) in [5, 5.41) is 3.82. The molecule has 1 saturated heterocycles. The molecule has 17 heavy (non-hydrogen) atoms. The Labute approximate surface area is 105 Å². The van der Waals surface area contributed by atoms with Gasteiger partial charge < -0.3 is 5.32 Å². The van der Waals surface area contributed by atoms with Crippen LogP contribution in [-0.4, -0.2) is 17.1 Å². The second-order valence-corrected chi connectivity index (χ2v) is 5.59. The molecule has 0 amide bonds. The number of hydrogen-bond donors (Lipinski definition) is 1. The van der Waals surface area contributed by atoms with Gasteiger partial charge in [-0.25, -0.2) is 0 Å².